The molecule has 0 aromatic heterocycles. The number of Topliss-reactive ketones (excluding diaryl/α,β-unsaturated/α-hetero) is 2. The number of aliphatic hydroxyl groups excluding tert-OH is 1. The van der Waals surface area contributed by atoms with Crippen LogP contribution in [-0.4, -0.2) is 289 Å². The summed E-state index contributed by atoms with van der Waals surface area (Å²) in [6, 6.07) is 23.2. The number of nitrogens with one attached hydrogen (secondary N) is 11. The molecule has 2 heterocycles. The number of nitrogens with zero attached hydrogens (tertiary/aromatic N) is 3. The molecule has 147 heavy (non-hydrogen) atoms. The number of imide groups is 1. The molecule has 2 saturated carbocycles. The number of unbranched alkanes of at least 4 members (excludes halogenated alkanes) is 1. The minimum Gasteiger partial charge on any atom is -0.508 e. The van der Waals surface area contributed by atoms with Crippen molar-refractivity contribution < 1.29 is 110 Å². The number of likely N-dealkylation sites (N-methyl/N-ethyl adjacent to an activating group) is 1. The summed E-state index contributed by atoms with van der Waals surface area (Å²) >= 11 is 0. The molecule has 37 heteroatoms. The molecule has 1 unspecified atom stereocenters. The number of hydrogen-bond acceptors (Lipinski definition) is 28. The molecule has 0 saturated heterocycles. The first-order chi connectivity index (χ1) is 70.6. The molecule has 5 aliphatic carbocycles. The van der Waals surface area contributed by atoms with Gasteiger partial charge in [-0.3, -0.25) is 68.9 Å². The molecule has 2 fully saturated rings. The average molecular weight is 2050 g/mol. The van der Waals surface area contributed by atoms with Crippen molar-refractivity contribution in [3.05, 3.63) is 141 Å². The van der Waals surface area contributed by atoms with Gasteiger partial charge in [0.2, 0.25) is 53.2 Å². The van der Waals surface area contributed by atoms with Gasteiger partial charge in [-0.1, -0.05) is 141 Å². The summed E-state index contributed by atoms with van der Waals surface area (Å²) in [5, 5.41) is 46.8. The van der Waals surface area contributed by atoms with Crippen LogP contribution in [0.15, 0.2) is 96.3 Å². The fourth-order valence-electron chi connectivity index (χ4n) is 22.3. The zero-order valence-electron chi connectivity index (χ0n) is 88.6. The molecule has 812 valence electrons. The number of aromatic hydroxyl groups is 1. The Bertz CT molecular complexity index is 5130. The maximum absolute atomic E-state index is 15.0. The van der Waals surface area contributed by atoms with Crippen LogP contribution < -0.4 is 69.7 Å². The summed E-state index contributed by atoms with van der Waals surface area (Å²) in [6.45, 7) is 20.0. The van der Waals surface area contributed by atoms with E-state index in [1.54, 1.807) is 24.8 Å². The molecule has 2 aliphatic heterocycles. The third-order valence-electron chi connectivity index (χ3n) is 30.4. The van der Waals surface area contributed by atoms with Crippen molar-refractivity contribution in [3.8, 4) is 5.75 Å². The Morgan fingerprint density at radius 3 is 1.71 bits per heavy atom. The van der Waals surface area contributed by atoms with Gasteiger partial charge in [0, 0.05) is 75.7 Å². The molecule has 15 N–H and O–H groups in total. The van der Waals surface area contributed by atoms with E-state index in [-0.39, 0.29) is 176 Å². The number of carbonyl (C=O) groups excluding carboxylic acids is 11. The summed E-state index contributed by atoms with van der Waals surface area (Å²) in [5.74, 6) is 0.509. The number of benzene rings is 4. The number of aliphatic hydroxyl groups is 1. The second kappa shape index (κ2) is 57.6. The normalized spacial score (nSPS) is 21.9. The number of amides is 9. The van der Waals surface area contributed by atoms with E-state index < -0.39 is 82.1 Å². The summed E-state index contributed by atoms with van der Waals surface area (Å²) in [7, 11) is 8.05. The van der Waals surface area contributed by atoms with E-state index in [0.29, 0.717) is 134 Å². The number of anilines is 1. The quantitative estimate of drug-likeness (QED) is 0.00671. The molecule has 11 atom stereocenters. The van der Waals surface area contributed by atoms with Crippen LogP contribution in [0.5, 0.6) is 5.75 Å². The molecule has 11 rings (SSSR count). The smallest absolute Gasteiger partial charge is 0.246 e. The highest BCUT2D eigenvalue weighted by Crippen LogP contribution is 2.60. The SMILES string of the molecule is CN/C1=C(\NN)c2ccccc2N(C(=O)CCC(=O)NCCOCCOCCOCCOCCC(=O)N[C@H](CCCCNC(=O)COC2CCCCCC3=C2NNN3CCOCCOCCOCCOCCC(=O)NCC[N+](C)(C)C)C(=O)N[C@H](C(=O)C[C@@H](C)C(=O)N[C@@H](CO)C(=O)Cc2ccc3c(c2)[C@@]2(C)CCC[C@](C)(C(=O)NC(=O)[C@@]4(C)CCC[C@]5(C)c6cc(O)ccc6CC[C@@H]45)[C@@H]2CC3)C(C)C)Cc2ccccc21. The Labute approximate surface area is 867 Å². The van der Waals surface area contributed by atoms with Crippen LogP contribution in [0.4, 0.5) is 5.69 Å². The first-order valence-corrected chi connectivity index (χ1v) is 53.2. The van der Waals surface area contributed by atoms with Gasteiger partial charge in [0.1, 0.15) is 30.5 Å². The summed E-state index contributed by atoms with van der Waals surface area (Å²) in [6.07, 6.45) is 12.0. The highest BCUT2D eigenvalue weighted by molar-refractivity contribution is 6.03. The van der Waals surface area contributed by atoms with Gasteiger partial charge in [0.25, 0.3) is 0 Å². The number of quaternary nitrogens is 1. The van der Waals surface area contributed by atoms with Crippen molar-refractivity contribution in [2.24, 2.45) is 40.3 Å². The van der Waals surface area contributed by atoms with Gasteiger partial charge in [-0.25, -0.2) is 0 Å². The van der Waals surface area contributed by atoms with Crippen molar-refractivity contribution in [3.63, 3.8) is 0 Å². The van der Waals surface area contributed by atoms with Crippen LogP contribution in [0.25, 0.3) is 11.4 Å². The number of rotatable bonds is 61. The zero-order valence-corrected chi connectivity index (χ0v) is 88.6. The summed E-state index contributed by atoms with van der Waals surface area (Å²) in [4.78, 5) is 155. The number of carbonyl (C=O) groups is 11. The molecule has 7 aliphatic rings. The maximum Gasteiger partial charge on any atom is 0.246 e. The molecule has 4 aromatic carbocycles. The van der Waals surface area contributed by atoms with Gasteiger partial charge in [0.15, 0.2) is 11.6 Å². The third kappa shape index (κ3) is 33.1. The van der Waals surface area contributed by atoms with Crippen LogP contribution in [0, 0.1) is 34.5 Å². The van der Waals surface area contributed by atoms with Crippen molar-refractivity contribution in [1.82, 2.24) is 63.9 Å². The van der Waals surface area contributed by atoms with E-state index in [0.717, 1.165) is 132 Å². The Morgan fingerprint density at radius 2 is 1.10 bits per heavy atom. The minimum absolute atomic E-state index is 0.0153. The lowest BCUT2D eigenvalue weighted by atomic mass is 9.49. The Hall–Kier alpha value is -10.4. The lowest BCUT2D eigenvalue weighted by Gasteiger charge is -2.56. The second-order valence-corrected chi connectivity index (χ2v) is 42.4. The maximum atomic E-state index is 15.0. The number of ether oxygens (including phenoxy) is 9. The van der Waals surface area contributed by atoms with Crippen molar-refractivity contribution in [2.45, 2.75) is 244 Å². The van der Waals surface area contributed by atoms with E-state index >= 15 is 0 Å². The van der Waals surface area contributed by atoms with E-state index in [1.165, 1.54) is 12.5 Å². The number of hydrazine groups is 3. The van der Waals surface area contributed by atoms with E-state index in [2.05, 4.69) is 93.9 Å². The lowest BCUT2D eigenvalue weighted by Crippen LogP contribution is -2.60. The molecule has 9 amide bonds. The number of fused-ring (bicyclic) bond motifs is 8. The first kappa shape index (κ1) is 117. The highest BCUT2D eigenvalue weighted by atomic mass is 16.6. The van der Waals surface area contributed by atoms with Gasteiger partial charge >= 0.3 is 0 Å². The van der Waals surface area contributed by atoms with E-state index in [4.69, 9.17) is 48.5 Å². The van der Waals surface area contributed by atoms with Crippen molar-refractivity contribution in [2.75, 3.05) is 185 Å². The number of para-hydroxylation sites is 1. The van der Waals surface area contributed by atoms with E-state index in [9.17, 15) is 63.0 Å². The number of hydrogen-bond donors (Lipinski definition) is 14. The first-order valence-electron chi connectivity index (χ1n) is 53.2. The van der Waals surface area contributed by atoms with Crippen molar-refractivity contribution >= 4 is 81.8 Å². The Balaban J connectivity index is 0.610. The number of phenols is 1. The molecule has 0 spiro atoms. The number of aryl methyl sites for hydroxylation is 2. The van der Waals surface area contributed by atoms with Gasteiger partial charge in [-0.15, -0.1) is 5.53 Å². The third-order valence-corrected chi connectivity index (χ3v) is 30.4. The second-order valence-electron chi connectivity index (χ2n) is 42.4. The highest BCUT2D eigenvalue weighted by Gasteiger charge is 2.59. The van der Waals surface area contributed by atoms with Crippen molar-refractivity contribution in [1.29, 1.82) is 0 Å². The van der Waals surface area contributed by atoms with E-state index in [1.807, 2.05) is 105 Å². The molecular formula is C110H166N15O22+. The number of allylic oxidation sites excluding steroid dienone is 1. The number of ketones is 2. The average Bonchev–Trinajstić information content (AvgIpc) is 1.07. The van der Waals surface area contributed by atoms with Gasteiger partial charge in [0.05, 0.1) is 205 Å². The van der Waals surface area contributed by atoms with Gasteiger partial charge in [-0.05, 0) is 170 Å². The monoisotopic (exact) mass is 2050 g/mol. The summed E-state index contributed by atoms with van der Waals surface area (Å²) in [5.41, 5.74) is 18.5. The van der Waals surface area contributed by atoms with Gasteiger partial charge in [-0.2, -0.15) is 0 Å². The van der Waals surface area contributed by atoms with Crippen LogP contribution in [-0.2, 0) is 132 Å². The molecular weight excluding hydrogens is 1880 g/mol. The lowest BCUT2D eigenvalue weighted by molar-refractivity contribution is -0.869. The van der Waals surface area contributed by atoms with Gasteiger partial charge < -0.3 is 110 Å². The molecule has 37 nitrogen and oxygen atoms in total. The Kier molecular flexibility index (Phi) is 45.8. The standard InChI is InChI=1S/C110H165N15O22/c1-74(2)99(90(129)67-75(3)103(135)117-86(72-126)89(128)69-76-30-31-77-33-36-92-107(4,83(77)68-76)42-21-44-109(92,6)105(137)119-106(138)110(7)45-22-43-108(5)84-70-80(127)35-32-78(84)34-37-93(108)110)118-104(136)85(26-19-20-46-113-97(133)73-147-91-29-14-12-13-28-88-102(91)121-122-124(88)49-54-142-58-62-146-66-64-143-59-55-139-51-40-95(131)114-47-50-125(9,10)11)116-96(132)41-52-140-56-60-144-63-65-145-61-57-141-53-48-115-94(130)38-39-98(134)123-71-79-23-15-16-24-81(79)100(112-8)101(120-111)82-25-17-18-27-87(82)123/h15-18,23-25,27,30-32,35,68,70,74-75,85-86,91-93,99,112,120-122,126H,12-14,19-22,26,28-29,33-34,36-67,69,71-73,111H2,1-11H3,(H7-,113,114,115,116,117,118,119,127,130,131,132,133,135,136,137,138)/p+1/b101-100-/t75-,85-,86+,91?,92-,93-,99+,107-,108-,109+,110+/m1/s1. The Morgan fingerprint density at radius 1 is 0.531 bits per heavy atom. The largest absolute Gasteiger partial charge is 0.508 e. The summed E-state index contributed by atoms with van der Waals surface area (Å²) < 4.78 is 52.7. The van der Waals surface area contributed by atoms with Crippen LogP contribution in [0.1, 0.15) is 228 Å². The number of phenolic OH excluding ortho intramolecular Hbond substituents is 1. The topological polar surface area (TPSA) is 476 Å². The number of nitrogens with two attached hydrogens (primary N) is 1. The zero-order chi connectivity index (χ0) is 106. The van der Waals surface area contributed by atoms with Crippen LogP contribution >= 0.6 is 0 Å². The van der Waals surface area contributed by atoms with Crippen LogP contribution in [0.3, 0.4) is 0 Å². The molecule has 4 aromatic rings. The predicted molar refractivity (Wildman–Crippen MR) is 556 cm³/mol. The van der Waals surface area contributed by atoms with Crippen LogP contribution in [0.2, 0.25) is 0 Å². The predicted octanol–water partition coefficient (Wildman–Crippen LogP) is 7.42. The fourth-order valence-corrected chi connectivity index (χ4v) is 22.3. The minimum atomic E-state index is -1.32. The fraction of sp³-hybridized carbons (Fsp3) is 0.645. The molecule has 0 radical (unpaired) electrons. The molecule has 0 bridgehead atoms.